The number of likely N-dealkylation sites (tertiary alicyclic amines) is 2. The van der Waals surface area contributed by atoms with Crippen molar-refractivity contribution in [3.05, 3.63) is 30.1 Å². The van der Waals surface area contributed by atoms with E-state index in [-0.39, 0.29) is 23.8 Å². The molecule has 0 aliphatic carbocycles. The lowest BCUT2D eigenvalue weighted by Crippen LogP contribution is -2.41. The molecule has 0 saturated carbocycles. The molecule has 2 aliphatic rings. The second-order valence-electron chi connectivity index (χ2n) is 7.14. The lowest BCUT2D eigenvalue weighted by Gasteiger charge is -2.27. The van der Waals surface area contributed by atoms with E-state index < -0.39 is 0 Å². The van der Waals surface area contributed by atoms with Crippen LogP contribution < -0.4 is 5.32 Å². The zero-order valence-corrected chi connectivity index (χ0v) is 15.1. The highest BCUT2D eigenvalue weighted by Crippen LogP contribution is 2.24. The summed E-state index contributed by atoms with van der Waals surface area (Å²) < 4.78 is 0. The highest BCUT2D eigenvalue weighted by molar-refractivity contribution is 5.89. The van der Waals surface area contributed by atoms with Crippen molar-refractivity contribution in [2.75, 3.05) is 26.2 Å². The summed E-state index contributed by atoms with van der Waals surface area (Å²) in [5.41, 5.74) is 1.02. The van der Waals surface area contributed by atoms with Crippen molar-refractivity contribution in [2.24, 2.45) is 5.92 Å². The summed E-state index contributed by atoms with van der Waals surface area (Å²) in [6, 6.07) is 4.17. The van der Waals surface area contributed by atoms with Crippen molar-refractivity contribution in [2.45, 2.75) is 45.2 Å². The zero-order valence-electron chi connectivity index (χ0n) is 15.1. The smallest absolute Gasteiger partial charge is 0.225 e. The molecule has 6 heteroatoms. The second kappa shape index (κ2) is 7.95. The number of likely N-dealkylation sites (N-methyl/N-ethyl adjacent to an activating group) is 1. The fraction of sp³-hybridized carbons (Fsp3) is 0.632. The molecule has 0 radical (unpaired) electrons. The van der Waals surface area contributed by atoms with E-state index in [0.717, 1.165) is 31.6 Å². The number of carbonyl (C=O) groups excluding carboxylic acids is 2. The van der Waals surface area contributed by atoms with Crippen LogP contribution in [0.4, 0.5) is 0 Å². The first-order valence-electron chi connectivity index (χ1n) is 9.30. The van der Waals surface area contributed by atoms with Gasteiger partial charge >= 0.3 is 0 Å². The van der Waals surface area contributed by atoms with E-state index in [1.165, 1.54) is 6.42 Å². The SMILES string of the molecule is CCN1CCC[C@@H]1CN1C[C@@H](C(=O)N[C@H](C)c2ccncc2)CC1=O. The Morgan fingerprint density at radius 2 is 2.16 bits per heavy atom. The monoisotopic (exact) mass is 344 g/mol. The Kier molecular flexibility index (Phi) is 5.68. The third-order valence-electron chi connectivity index (χ3n) is 5.49. The van der Waals surface area contributed by atoms with Gasteiger partial charge < -0.3 is 10.2 Å². The van der Waals surface area contributed by atoms with Gasteiger partial charge in [-0.1, -0.05) is 6.92 Å². The van der Waals surface area contributed by atoms with Crippen LogP contribution in [0.3, 0.4) is 0 Å². The van der Waals surface area contributed by atoms with E-state index in [9.17, 15) is 9.59 Å². The molecule has 1 N–H and O–H groups in total. The summed E-state index contributed by atoms with van der Waals surface area (Å²) in [5, 5.41) is 3.04. The largest absolute Gasteiger partial charge is 0.349 e. The van der Waals surface area contributed by atoms with Crippen molar-refractivity contribution < 1.29 is 9.59 Å². The van der Waals surface area contributed by atoms with Crippen LogP contribution in [0.2, 0.25) is 0 Å². The van der Waals surface area contributed by atoms with Gasteiger partial charge in [0.2, 0.25) is 11.8 Å². The minimum Gasteiger partial charge on any atom is -0.349 e. The van der Waals surface area contributed by atoms with Crippen LogP contribution >= 0.6 is 0 Å². The van der Waals surface area contributed by atoms with Crippen LogP contribution in [0.25, 0.3) is 0 Å². The van der Waals surface area contributed by atoms with E-state index in [2.05, 4.69) is 22.1 Å². The number of aromatic nitrogens is 1. The number of hydrogen-bond donors (Lipinski definition) is 1. The molecule has 0 aromatic carbocycles. The molecule has 2 aliphatic heterocycles. The molecule has 136 valence electrons. The molecular formula is C19H28N4O2. The first-order valence-corrected chi connectivity index (χ1v) is 9.30. The van der Waals surface area contributed by atoms with Gasteiger partial charge in [0.05, 0.1) is 12.0 Å². The van der Waals surface area contributed by atoms with Crippen LogP contribution in [-0.2, 0) is 9.59 Å². The predicted molar refractivity (Wildman–Crippen MR) is 95.8 cm³/mol. The van der Waals surface area contributed by atoms with E-state index >= 15 is 0 Å². The Labute approximate surface area is 149 Å². The first-order chi connectivity index (χ1) is 12.1. The van der Waals surface area contributed by atoms with Crippen LogP contribution in [0.5, 0.6) is 0 Å². The summed E-state index contributed by atoms with van der Waals surface area (Å²) in [5.74, 6) is -0.160. The van der Waals surface area contributed by atoms with E-state index in [0.29, 0.717) is 19.0 Å². The summed E-state index contributed by atoms with van der Waals surface area (Å²) in [7, 11) is 0. The fourth-order valence-electron chi connectivity index (χ4n) is 3.96. The van der Waals surface area contributed by atoms with Gasteiger partial charge in [-0.3, -0.25) is 19.5 Å². The fourth-order valence-corrected chi connectivity index (χ4v) is 3.96. The Hall–Kier alpha value is -1.95. The van der Waals surface area contributed by atoms with E-state index in [1.54, 1.807) is 12.4 Å². The highest BCUT2D eigenvalue weighted by Gasteiger charge is 2.37. The maximum atomic E-state index is 12.6. The van der Waals surface area contributed by atoms with Crippen LogP contribution in [0.1, 0.15) is 44.7 Å². The molecule has 0 unspecified atom stereocenters. The third-order valence-corrected chi connectivity index (χ3v) is 5.49. The number of nitrogens with one attached hydrogen (secondary N) is 1. The second-order valence-corrected chi connectivity index (χ2v) is 7.14. The number of pyridine rings is 1. The van der Waals surface area contributed by atoms with Gasteiger partial charge in [0.1, 0.15) is 0 Å². The molecule has 25 heavy (non-hydrogen) atoms. The minimum atomic E-state index is -0.242. The number of nitrogens with zero attached hydrogens (tertiary/aromatic N) is 3. The van der Waals surface area contributed by atoms with Crippen molar-refractivity contribution in [3.8, 4) is 0 Å². The van der Waals surface area contributed by atoms with Gasteiger partial charge in [0.25, 0.3) is 0 Å². The van der Waals surface area contributed by atoms with Gasteiger partial charge in [-0.15, -0.1) is 0 Å². The lowest BCUT2D eigenvalue weighted by atomic mass is 10.1. The van der Waals surface area contributed by atoms with Gasteiger partial charge in [0.15, 0.2) is 0 Å². The van der Waals surface area contributed by atoms with Gasteiger partial charge in [-0.25, -0.2) is 0 Å². The molecule has 3 atom stereocenters. The Balaban J connectivity index is 1.54. The van der Waals surface area contributed by atoms with Crippen LogP contribution in [0, 0.1) is 5.92 Å². The van der Waals surface area contributed by atoms with E-state index in [4.69, 9.17) is 0 Å². The molecule has 0 bridgehead atoms. The molecule has 3 heterocycles. The Morgan fingerprint density at radius 3 is 2.88 bits per heavy atom. The quantitative estimate of drug-likeness (QED) is 0.851. The molecule has 2 amide bonds. The Morgan fingerprint density at radius 1 is 1.40 bits per heavy atom. The van der Waals surface area contributed by atoms with Crippen molar-refractivity contribution in [3.63, 3.8) is 0 Å². The maximum Gasteiger partial charge on any atom is 0.225 e. The molecule has 2 fully saturated rings. The van der Waals surface area contributed by atoms with Gasteiger partial charge in [0, 0.05) is 37.9 Å². The third kappa shape index (κ3) is 4.18. The molecule has 1 aromatic heterocycles. The van der Waals surface area contributed by atoms with Gasteiger partial charge in [-0.05, 0) is 50.6 Å². The first kappa shape index (κ1) is 17.9. The standard InChI is InChI=1S/C19H28N4O2/c1-3-22-10-4-5-17(22)13-23-12-16(11-18(23)24)19(25)21-14(2)15-6-8-20-9-7-15/h6-9,14,16-17H,3-5,10-13H2,1-2H3,(H,21,25)/t14-,16+,17-/m1/s1. The topological polar surface area (TPSA) is 65.5 Å². The maximum absolute atomic E-state index is 12.6. The molecule has 3 rings (SSSR count). The number of amides is 2. The van der Waals surface area contributed by atoms with Gasteiger partial charge in [-0.2, -0.15) is 0 Å². The number of hydrogen-bond acceptors (Lipinski definition) is 4. The summed E-state index contributed by atoms with van der Waals surface area (Å²) in [6.45, 7) is 7.58. The predicted octanol–water partition coefficient (Wildman–Crippen LogP) is 1.59. The summed E-state index contributed by atoms with van der Waals surface area (Å²) in [6.07, 6.45) is 6.12. The molecular weight excluding hydrogens is 316 g/mol. The summed E-state index contributed by atoms with van der Waals surface area (Å²) >= 11 is 0. The Bertz CT molecular complexity index is 607. The number of carbonyl (C=O) groups is 2. The average Bonchev–Trinajstić information content (AvgIpc) is 3.22. The normalized spacial score (nSPS) is 25.4. The lowest BCUT2D eigenvalue weighted by molar-refractivity contribution is -0.129. The van der Waals surface area contributed by atoms with Crippen molar-refractivity contribution in [1.82, 2.24) is 20.1 Å². The average molecular weight is 344 g/mol. The number of rotatable bonds is 6. The minimum absolute atomic E-state index is 0.0288. The van der Waals surface area contributed by atoms with Crippen LogP contribution in [-0.4, -0.2) is 58.8 Å². The summed E-state index contributed by atoms with van der Waals surface area (Å²) in [4.78, 5) is 33.2. The molecule has 2 saturated heterocycles. The van der Waals surface area contributed by atoms with Crippen molar-refractivity contribution >= 4 is 11.8 Å². The highest BCUT2D eigenvalue weighted by atomic mass is 16.2. The molecule has 0 spiro atoms. The molecule has 6 nitrogen and oxygen atoms in total. The van der Waals surface area contributed by atoms with E-state index in [1.807, 2.05) is 24.0 Å². The zero-order chi connectivity index (χ0) is 17.8. The molecule has 1 aromatic rings. The van der Waals surface area contributed by atoms with Crippen molar-refractivity contribution in [1.29, 1.82) is 0 Å². The van der Waals surface area contributed by atoms with Crippen LogP contribution in [0.15, 0.2) is 24.5 Å².